The Bertz CT molecular complexity index is 1020. The zero-order chi connectivity index (χ0) is 25.4. The zero-order valence-corrected chi connectivity index (χ0v) is 22.1. The Morgan fingerprint density at radius 3 is 2.63 bits per heavy atom. The number of carbonyl (C=O) groups excluding carboxylic acids is 2. The highest BCUT2D eigenvalue weighted by atomic mass is 79.9. The number of carbonyl (C=O) groups is 2. The molecule has 4 N–H and O–H groups in total. The van der Waals surface area contributed by atoms with Gasteiger partial charge in [0.2, 0.25) is 11.8 Å². The van der Waals surface area contributed by atoms with Crippen molar-refractivity contribution in [2.45, 2.75) is 77.3 Å². The lowest BCUT2D eigenvalue weighted by Gasteiger charge is -2.36. The fourth-order valence-electron chi connectivity index (χ4n) is 4.14. The van der Waals surface area contributed by atoms with Gasteiger partial charge in [-0.15, -0.1) is 5.10 Å². The fourth-order valence-corrected chi connectivity index (χ4v) is 4.40. The maximum Gasteiger partial charge on any atom is 0.247 e. The molecule has 0 aliphatic heterocycles. The monoisotopic (exact) mass is 546 g/mol. The summed E-state index contributed by atoms with van der Waals surface area (Å²) < 4.78 is 9.03. The molecule has 0 fully saturated rings. The quantitative estimate of drug-likeness (QED) is 0.397. The summed E-state index contributed by atoms with van der Waals surface area (Å²) in [7, 11) is 0. The number of benzene rings is 1. The standard InChI is InChI=1S/C25H35BrN6O3/c1-4-21(5-2)35-23-13-18(12-22(27)24(23)29-16(3)33)25(34)28-11-10-20-15-32(31-30-20)14-17-6-8-19(26)9-7-17/h6-9,13,15,21-24H,4-5,10-12,14,27H2,1-3H3,(H,28,34)(H,29,33)/t22-,23+,24+/m0/s1. The topological polar surface area (TPSA) is 124 Å². The molecular weight excluding hydrogens is 512 g/mol. The summed E-state index contributed by atoms with van der Waals surface area (Å²) in [6.45, 7) is 6.62. The number of hydrogen-bond acceptors (Lipinski definition) is 6. The molecule has 3 rings (SSSR count). The molecule has 0 saturated carbocycles. The van der Waals surface area contributed by atoms with Crippen molar-refractivity contribution >= 4 is 27.7 Å². The number of amides is 2. The Morgan fingerprint density at radius 2 is 1.97 bits per heavy atom. The van der Waals surface area contributed by atoms with E-state index in [4.69, 9.17) is 10.5 Å². The molecule has 1 aliphatic rings. The Morgan fingerprint density at radius 1 is 1.26 bits per heavy atom. The molecule has 1 heterocycles. The van der Waals surface area contributed by atoms with Crippen LogP contribution >= 0.6 is 15.9 Å². The third-order valence-electron chi connectivity index (χ3n) is 6.07. The van der Waals surface area contributed by atoms with Crippen LogP contribution in [0.5, 0.6) is 0 Å². The van der Waals surface area contributed by atoms with Crippen LogP contribution in [-0.4, -0.2) is 57.6 Å². The van der Waals surface area contributed by atoms with Gasteiger partial charge < -0.3 is 21.1 Å². The lowest BCUT2D eigenvalue weighted by atomic mass is 9.87. The van der Waals surface area contributed by atoms with Crippen molar-refractivity contribution < 1.29 is 14.3 Å². The minimum atomic E-state index is -0.452. The van der Waals surface area contributed by atoms with Crippen LogP contribution in [0.3, 0.4) is 0 Å². The number of ether oxygens (including phenoxy) is 1. The van der Waals surface area contributed by atoms with E-state index >= 15 is 0 Å². The third kappa shape index (κ3) is 7.98. The van der Waals surface area contributed by atoms with E-state index in [9.17, 15) is 9.59 Å². The lowest BCUT2D eigenvalue weighted by molar-refractivity contribution is -0.121. The summed E-state index contributed by atoms with van der Waals surface area (Å²) in [4.78, 5) is 24.6. The van der Waals surface area contributed by atoms with Gasteiger partial charge in [0.25, 0.3) is 0 Å². The molecule has 1 aromatic carbocycles. The second-order valence-electron chi connectivity index (χ2n) is 8.87. The van der Waals surface area contributed by atoms with Crippen molar-refractivity contribution in [1.29, 1.82) is 0 Å². The van der Waals surface area contributed by atoms with E-state index < -0.39 is 12.1 Å². The SMILES string of the molecule is CCC(CC)O[C@@H]1C=C(C(=O)NCCc2cn(Cc3ccc(Br)cc3)nn2)C[C@H](N)[C@H]1NC(C)=O. The molecule has 9 nitrogen and oxygen atoms in total. The maximum absolute atomic E-state index is 12.9. The molecule has 10 heteroatoms. The molecule has 0 saturated heterocycles. The van der Waals surface area contributed by atoms with Crippen molar-refractivity contribution in [3.63, 3.8) is 0 Å². The van der Waals surface area contributed by atoms with Crippen LogP contribution in [0.25, 0.3) is 0 Å². The number of hydrogen-bond donors (Lipinski definition) is 3. The van der Waals surface area contributed by atoms with E-state index in [1.165, 1.54) is 6.92 Å². The Labute approximate surface area is 215 Å². The predicted octanol–water partition coefficient (Wildman–Crippen LogP) is 2.48. The first-order valence-corrected chi connectivity index (χ1v) is 12.9. The van der Waals surface area contributed by atoms with Crippen molar-refractivity contribution in [1.82, 2.24) is 25.6 Å². The number of halogens is 1. The van der Waals surface area contributed by atoms with E-state index in [0.717, 1.165) is 28.6 Å². The van der Waals surface area contributed by atoms with Gasteiger partial charge in [0.15, 0.2) is 0 Å². The molecule has 1 aromatic heterocycles. The van der Waals surface area contributed by atoms with Gasteiger partial charge in [0.1, 0.15) is 0 Å². The van der Waals surface area contributed by atoms with Crippen LogP contribution in [0.4, 0.5) is 0 Å². The second-order valence-corrected chi connectivity index (χ2v) is 9.78. The van der Waals surface area contributed by atoms with Gasteiger partial charge in [-0.25, -0.2) is 4.68 Å². The normalized spacial score (nSPS) is 19.9. The van der Waals surface area contributed by atoms with Crippen LogP contribution in [0.1, 0.15) is 51.3 Å². The molecule has 0 spiro atoms. The summed E-state index contributed by atoms with van der Waals surface area (Å²) in [5, 5.41) is 14.2. The Kier molecular flexibility index (Phi) is 10.00. The first kappa shape index (κ1) is 27.0. The minimum absolute atomic E-state index is 0.0298. The van der Waals surface area contributed by atoms with E-state index in [1.54, 1.807) is 4.68 Å². The number of nitrogens with one attached hydrogen (secondary N) is 2. The molecule has 3 atom stereocenters. The van der Waals surface area contributed by atoms with Gasteiger partial charge in [-0.2, -0.15) is 0 Å². The van der Waals surface area contributed by atoms with E-state index in [0.29, 0.717) is 31.5 Å². The van der Waals surface area contributed by atoms with Crippen molar-refractivity contribution in [3.8, 4) is 0 Å². The summed E-state index contributed by atoms with van der Waals surface area (Å²) in [6.07, 6.45) is 5.89. The molecule has 35 heavy (non-hydrogen) atoms. The first-order valence-electron chi connectivity index (χ1n) is 12.1. The highest BCUT2D eigenvalue weighted by molar-refractivity contribution is 9.10. The largest absolute Gasteiger partial charge is 0.369 e. The molecule has 0 bridgehead atoms. The third-order valence-corrected chi connectivity index (χ3v) is 6.60. The van der Waals surface area contributed by atoms with Crippen molar-refractivity contribution in [2.24, 2.45) is 5.73 Å². The van der Waals surface area contributed by atoms with Gasteiger partial charge in [-0.3, -0.25) is 9.59 Å². The van der Waals surface area contributed by atoms with Crippen LogP contribution in [-0.2, 0) is 27.3 Å². The van der Waals surface area contributed by atoms with Gasteiger partial charge in [0, 0.05) is 42.2 Å². The van der Waals surface area contributed by atoms with Crippen LogP contribution in [0, 0.1) is 0 Å². The minimum Gasteiger partial charge on any atom is -0.369 e. The van der Waals surface area contributed by atoms with E-state index in [1.807, 2.05) is 36.5 Å². The molecule has 2 amide bonds. The average Bonchev–Trinajstić information content (AvgIpc) is 3.27. The second kappa shape index (κ2) is 12.9. The number of aromatic nitrogens is 3. The smallest absolute Gasteiger partial charge is 0.247 e. The number of nitrogens with two attached hydrogens (primary N) is 1. The first-order chi connectivity index (χ1) is 16.8. The summed E-state index contributed by atoms with van der Waals surface area (Å²) in [5.74, 6) is -0.347. The zero-order valence-electron chi connectivity index (χ0n) is 20.5. The van der Waals surface area contributed by atoms with E-state index in [2.05, 4.69) is 50.7 Å². The highest BCUT2D eigenvalue weighted by Crippen LogP contribution is 2.23. The molecular formula is C25H35BrN6O3. The summed E-state index contributed by atoms with van der Waals surface area (Å²) in [5.41, 5.74) is 8.87. The molecule has 190 valence electrons. The van der Waals surface area contributed by atoms with Gasteiger partial charge >= 0.3 is 0 Å². The average molecular weight is 547 g/mol. The van der Waals surface area contributed by atoms with Crippen molar-refractivity contribution in [3.05, 3.63) is 57.8 Å². The molecule has 0 radical (unpaired) electrons. The van der Waals surface area contributed by atoms with Gasteiger partial charge in [-0.1, -0.05) is 47.1 Å². The fraction of sp³-hybridized carbons (Fsp3) is 0.520. The molecule has 2 aromatic rings. The van der Waals surface area contributed by atoms with Crippen LogP contribution in [0.15, 0.2) is 46.6 Å². The predicted molar refractivity (Wildman–Crippen MR) is 138 cm³/mol. The molecule has 0 unspecified atom stereocenters. The maximum atomic E-state index is 12.9. The number of rotatable bonds is 11. The van der Waals surface area contributed by atoms with Crippen LogP contribution < -0.4 is 16.4 Å². The summed E-state index contributed by atoms with van der Waals surface area (Å²) in [6, 6.07) is 7.27. The van der Waals surface area contributed by atoms with Gasteiger partial charge in [-0.05, 0) is 43.0 Å². The Hall–Kier alpha value is -2.56. The highest BCUT2D eigenvalue weighted by Gasteiger charge is 2.35. The van der Waals surface area contributed by atoms with Crippen LogP contribution in [0.2, 0.25) is 0 Å². The lowest BCUT2D eigenvalue weighted by Crippen LogP contribution is -2.57. The molecule has 1 aliphatic carbocycles. The van der Waals surface area contributed by atoms with Crippen molar-refractivity contribution in [2.75, 3.05) is 6.54 Å². The summed E-state index contributed by atoms with van der Waals surface area (Å²) >= 11 is 3.44. The number of nitrogens with zero attached hydrogens (tertiary/aromatic N) is 3. The van der Waals surface area contributed by atoms with Gasteiger partial charge in [0.05, 0.1) is 30.5 Å². The van der Waals surface area contributed by atoms with E-state index in [-0.39, 0.29) is 24.0 Å². The Balaban J connectivity index is 1.57.